The van der Waals surface area contributed by atoms with Crippen LogP contribution in [0.3, 0.4) is 0 Å². The second-order valence-electron chi connectivity index (χ2n) is 6.44. The van der Waals surface area contributed by atoms with Crippen LogP contribution in [-0.2, 0) is 26.9 Å². The Kier molecular flexibility index (Phi) is 6.17. The number of rotatable bonds is 6. The number of hydrogen-bond donors (Lipinski definition) is 0. The van der Waals surface area contributed by atoms with E-state index in [0.29, 0.717) is 16.1 Å². The number of aryl methyl sites for hydroxylation is 1. The summed E-state index contributed by atoms with van der Waals surface area (Å²) in [5, 5.41) is 0.534. The smallest absolute Gasteiger partial charge is 0.338 e. The molecule has 3 rings (SSSR count). The van der Waals surface area contributed by atoms with Crippen LogP contribution in [0.15, 0.2) is 77.7 Å². The van der Waals surface area contributed by atoms with Crippen molar-refractivity contribution in [2.24, 2.45) is 0 Å². The summed E-state index contributed by atoms with van der Waals surface area (Å²) < 4.78 is 30.3. The normalized spacial score (nSPS) is 11.2. The third kappa shape index (κ3) is 5.00. The molecule has 0 saturated carbocycles. The minimum absolute atomic E-state index is 0.0715. The summed E-state index contributed by atoms with van der Waals surface area (Å²) in [4.78, 5) is 12.5. The molecule has 0 N–H and O–H groups in total. The van der Waals surface area contributed by atoms with Crippen LogP contribution in [0.2, 0.25) is 5.02 Å². The zero-order valence-electron chi connectivity index (χ0n) is 15.3. The molecule has 0 radical (unpaired) electrons. The first-order valence-corrected chi connectivity index (χ1v) is 10.7. The van der Waals surface area contributed by atoms with Crippen LogP contribution < -0.4 is 0 Å². The molecule has 0 aliphatic heterocycles. The van der Waals surface area contributed by atoms with Crippen molar-refractivity contribution in [1.29, 1.82) is 0 Å². The maximum absolute atomic E-state index is 12.5. The van der Waals surface area contributed by atoms with Gasteiger partial charge >= 0.3 is 5.97 Å². The van der Waals surface area contributed by atoms with Crippen molar-refractivity contribution in [2.75, 3.05) is 0 Å². The minimum atomic E-state index is -3.45. The molecule has 0 aromatic heterocycles. The highest BCUT2D eigenvalue weighted by Gasteiger charge is 2.16. The molecule has 0 fully saturated rings. The molecule has 6 heteroatoms. The Morgan fingerprint density at radius 1 is 0.929 bits per heavy atom. The number of halogens is 1. The van der Waals surface area contributed by atoms with Crippen molar-refractivity contribution in [3.63, 3.8) is 0 Å². The van der Waals surface area contributed by atoms with Crippen molar-refractivity contribution in [1.82, 2.24) is 0 Å². The molecule has 0 spiro atoms. The van der Waals surface area contributed by atoms with Gasteiger partial charge in [0.25, 0.3) is 0 Å². The lowest BCUT2D eigenvalue weighted by Crippen LogP contribution is -2.07. The van der Waals surface area contributed by atoms with E-state index in [0.717, 1.165) is 11.1 Å². The molecule has 0 amide bonds. The van der Waals surface area contributed by atoms with Crippen LogP contribution in [0.25, 0.3) is 0 Å². The Bertz CT molecular complexity index is 1070. The van der Waals surface area contributed by atoms with Crippen molar-refractivity contribution >= 4 is 27.4 Å². The molecule has 144 valence electrons. The van der Waals surface area contributed by atoms with Crippen LogP contribution in [0.1, 0.15) is 27.0 Å². The van der Waals surface area contributed by atoms with Gasteiger partial charge in [0.15, 0.2) is 9.84 Å². The standard InChI is InChI=1S/C22H19ClO4S/c1-16-6-12-20(13-7-16)28(25,26)15-17-8-10-18(11-9-17)22(24)27-14-19-4-2-3-5-21(19)23/h2-13H,14-15H2,1H3. The first-order chi connectivity index (χ1) is 13.3. The fourth-order valence-electron chi connectivity index (χ4n) is 2.63. The molecule has 0 aliphatic carbocycles. The number of benzene rings is 3. The first-order valence-electron chi connectivity index (χ1n) is 8.64. The summed E-state index contributed by atoms with van der Waals surface area (Å²) in [7, 11) is -3.45. The Morgan fingerprint density at radius 3 is 2.21 bits per heavy atom. The highest BCUT2D eigenvalue weighted by Crippen LogP contribution is 2.19. The average molecular weight is 415 g/mol. The quantitative estimate of drug-likeness (QED) is 0.534. The largest absolute Gasteiger partial charge is 0.457 e. The lowest BCUT2D eigenvalue weighted by molar-refractivity contribution is 0.0473. The second-order valence-corrected chi connectivity index (χ2v) is 8.83. The number of hydrogen-bond acceptors (Lipinski definition) is 4. The lowest BCUT2D eigenvalue weighted by atomic mass is 10.1. The summed E-state index contributed by atoms with van der Waals surface area (Å²) in [6, 6.07) is 20.3. The van der Waals surface area contributed by atoms with E-state index in [-0.39, 0.29) is 17.3 Å². The van der Waals surface area contributed by atoms with Gasteiger partial charge in [-0.3, -0.25) is 0 Å². The van der Waals surface area contributed by atoms with E-state index >= 15 is 0 Å². The lowest BCUT2D eigenvalue weighted by Gasteiger charge is -2.08. The minimum Gasteiger partial charge on any atom is -0.457 e. The van der Waals surface area contributed by atoms with E-state index in [1.807, 2.05) is 13.0 Å². The summed E-state index contributed by atoms with van der Waals surface area (Å²) in [6.45, 7) is 1.97. The summed E-state index contributed by atoms with van der Waals surface area (Å²) >= 11 is 6.05. The SMILES string of the molecule is Cc1ccc(S(=O)(=O)Cc2ccc(C(=O)OCc3ccccc3Cl)cc2)cc1. The summed E-state index contributed by atoms with van der Waals surface area (Å²) in [6.07, 6.45) is 0. The number of sulfone groups is 1. The van der Waals surface area contributed by atoms with Crippen LogP contribution >= 0.6 is 11.6 Å². The third-order valence-corrected chi connectivity index (χ3v) is 6.32. The molecule has 4 nitrogen and oxygen atoms in total. The van der Waals surface area contributed by atoms with Gasteiger partial charge in [-0.15, -0.1) is 0 Å². The van der Waals surface area contributed by atoms with Crippen LogP contribution in [0.4, 0.5) is 0 Å². The molecule has 0 unspecified atom stereocenters. The molecule has 0 aliphatic rings. The molecule has 28 heavy (non-hydrogen) atoms. The highest BCUT2D eigenvalue weighted by molar-refractivity contribution is 7.90. The van der Waals surface area contributed by atoms with Gasteiger partial charge in [0.1, 0.15) is 6.61 Å². The van der Waals surface area contributed by atoms with E-state index in [9.17, 15) is 13.2 Å². The topological polar surface area (TPSA) is 60.4 Å². The number of carbonyl (C=O) groups excluding carboxylic acids is 1. The summed E-state index contributed by atoms with van der Waals surface area (Å²) in [5.74, 6) is -0.627. The number of esters is 1. The van der Waals surface area contributed by atoms with Gasteiger partial charge < -0.3 is 4.74 Å². The van der Waals surface area contributed by atoms with E-state index < -0.39 is 15.8 Å². The molecule has 0 heterocycles. The molecule has 0 saturated heterocycles. The van der Waals surface area contributed by atoms with E-state index in [2.05, 4.69) is 0 Å². The van der Waals surface area contributed by atoms with Gasteiger partial charge in [-0.05, 0) is 42.8 Å². The average Bonchev–Trinajstić information content (AvgIpc) is 2.68. The molecule has 0 atom stereocenters. The van der Waals surface area contributed by atoms with Gasteiger partial charge in [0, 0.05) is 10.6 Å². The van der Waals surface area contributed by atoms with E-state index in [1.165, 1.54) is 0 Å². The van der Waals surface area contributed by atoms with Crippen LogP contribution in [0.5, 0.6) is 0 Å². The highest BCUT2D eigenvalue weighted by atomic mass is 35.5. The van der Waals surface area contributed by atoms with Gasteiger partial charge in [-0.2, -0.15) is 0 Å². The second kappa shape index (κ2) is 8.59. The predicted octanol–water partition coefficient (Wildman–Crippen LogP) is 4.98. The monoisotopic (exact) mass is 414 g/mol. The zero-order chi connectivity index (χ0) is 20.1. The molecule has 0 bridgehead atoms. The van der Waals surface area contributed by atoms with Gasteiger partial charge in [0.2, 0.25) is 0 Å². The fourth-order valence-corrected chi connectivity index (χ4v) is 4.17. The predicted molar refractivity (Wildman–Crippen MR) is 109 cm³/mol. The Morgan fingerprint density at radius 2 is 1.57 bits per heavy atom. The van der Waals surface area contributed by atoms with Gasteiger partial charge in [-0.1, -0.05) is 59.6 Å². The Labute approximate surface area is 169 Å². The maximum Gasteiger partial charge on any atom is 0.338 e. The Hall–Kier alpha value is -2.63. The maximum atomic E-state index is 12.5. The van der Waals surface area contributed by atoms with Gasteiger partial charge in [0.05, 0.1) is 16.2 Å². The third-order valence-electron chi connectivity index (χ3n) is 4.24. The van der Waals surface area contributed by atoms with E-state index in [1.54, 1.807) is 66.7 Å². The van der Waals surface area contributed by atoms with E-state index in [4.69, 9.17) is 16.3 Å². The van der Waals surface area contributed by atoms with Crippen molar-refractivity contribution < 1.29 is 17.9 Å². The van der Waals surface area contributed by atoms with Crippen LogP contribution in [0, 0.1) is 6.92 Å². The summed E-state index contributed by atoms with van der Waals surface area (Å²) in [5.41, 5.74) is 2.67. The molecule has 3 aromatic carbocycles. The van der Waals surface area contributed by atoms with Gasteiger partial charge in [-0.25, -0.2) is 13.2 Å². The Balaban J connectivity index is 1.65. The van der Waals surface area contributed by atoms with Crippen molar-refractivity contribution in [2.45, 2.75) is 24.2 Å². The van der Waals surface area contributed by atoms with Crippen molar-refractivity contribution in [3.8, 4) is 0 Å². The number of carbonyl (C=O) groups is 1. The fraction of sp³-hybridized carbons (Fsp3) is 0.136. The molecular formula is C22H19ClO4S. The number of ether oxygens (including phenoxy) is 1. The van der Waals surface area contributed by atoms with Crippen LogP contribution in [-0.4, -0.2) is 14.4 Å². The zero-order valence-corrected chi connectivity index (χ0v) is 16.8. The van der Waals surface area contributed by atoms with Crippen molar-refractivity contribution in [3.05, 3.63) is 100 Å². The first kappa shape index (κ1) is 20.1. The molecule has 3 aromatic rings. The molecular weight excluding hydrogens is 396 g/mol.